The zero-order valence-electron chi connectivity index (χ0n) is 21.7. The third-order valence-corrected chi connectivity index (χ3v) is 7.26. The minimum Gasteiger partial charge on any atom is -0.348 e. The quantitative estimate of drug-likeness (QED) is 0.193. The molecule has 0 saturated heterocycles. The third-order valence-electron chi connectivity index (χ3n) is 7.26. The summed E-state index contributed by atoms with van der Waals surface area (Å²) in [6.45, 7) is 22.9. The maximum atomic E-state index is 5.19. The zero-order chi connectivity index (χ0) is 23.4. The molecule has 0 bridgehead atoms. The predicted molar refractivity (Wildman–Crippen MR) is 135 cm³/mol. The summed E-state index contributed by atoms with van der Waals surface area (Å²) in [5.74, 6) is 0. The number of hydrogen-bond donors (Lipinski definition) is 0. The van der Waals surface area contributed by atoms with Crippen LogP contribution in [0, 0.1) is 6.07 Å². The summed E-state index contributed by atoms with van der Waals surface area (Å²) < 4.78 is 2.37. The van der Waals surface area contributed by atoms with Crippen molar-refractivity contribution in [3.05, 3.63) is 52.8 Å². The molecule has 1 aliphatic rings. The van der Waals surface area contributed by atoms with Crippen LogP contribution in [-0.4, -0.2) is 14.4 Å². The van der Waals surface area contributed by atoms with Crippen LogP contribution < -0.4 is 0 Å². The number of fused-ring (bicyclic) bond motifs is 6. The Morgan fingerprint density at radius 2 is 1.42 bits per heavy atom. The van der Waals surface area contributed by atoms with Gasteiger partial charge in [-0.25, -0.2) is 0 Å². The fraction of sp³-hybridized carbons (Fsp3) is 0.517. The van der Waals surface area contributed by atoms with Gasteiger partial charge in [-0.05, 0) is 57.1 Å². The molecule has 1 radical (unpaired) electrons. The maximum absolute atomic E-state index is 5.19. The SMILES string of the molecule is CC(C)(C)c1c[c-]c2c(cc(C(C)(C)C)n3c4cc5c(cc4nc23)C(C)(C)CC5(C)C)n1.[Ir]. The molecule has 0 saturated carbocycles. The van der Waals surface area contributed by atoms with Crippen molar-refractivity contribution in [2.24, 2.45) is 0 Å². The molecule has 3 heterocycles. The molecule has 3 nitrogen and oxygen atoms in total. The summed E-state index contributed by atoms with van der Waals surface area (Å²) in [5, 5.41) is 1.00. The summed E-state index contributed by atoms with van der Waals surface area (Å²) >= 11 is 0. The van der Waals surface area contributed by atoms with Crippen LogP contribution in [0.2, 0.25) is 0 Å². The van der Waals surface area contributed by atoms with E-state index < -0.39 is 0 Å². The predicted octanol–water partition coefficient (Wildman–Crippen LogP) is 7.39. The molecule has 4 heteroatoms. The van der Waals surface area contributed by atoms with Gasteiger partial charge >= 0.3 is 0 Å². The number of hydrogen-bond acceptors (Lipinski definition) is 2. The molecule has 1 aromatic carbocycles. The first-order valence-electron chi connectivity index (χ1n) is 11.8. The fourth-order valence-electron chi connectivity index (χ4n) is 5.80. The standard InChI is InChI=1S/C29H36N3.Ir/c1-26(2,3)23-12-11-17-20(30-23)15-24(27(4,5)6)32-22-14-19-18(13-21(22)31-25(17)32)28(7,8)16-29(19,9)10;/h12-15H,16H2,1-10H3;/q-1;. The monoisotopic (exact) mass is 619 g/mol. The van der Waals surface area contributed by atoms with Gasteiger partial charge in [0.1, 0.15) is 0 Å². The maximum Gasteiger partial charge on any atom is 0.0777 e. The average Bonchev–Trinajstić information content (AvgIpc) is 3.10. The Morgan fingerprint density at radius 3 is 2.00 bits per heavy atom. The van der Waals surface area contributed by atoms with Crippen molar-refractivity contribution in [2.75, 3.05) is 0 Å². The van der Waals surface area contributed by atoms with Crippen LogP contribution in [0.5, 0.6) is 0 Å². The van der Waals surface area contributed by atoms with Gasteiger partial charge in [-0.3, -0.25) is 4.98 Å². The van der Waals surface area contributed by atoms with Crippen LogP contribution in [0.3, 0.4) is 0 Å². The number of pyridine rings is 2. The first-order valence-corrected chi connectivity index (χ1v) is 11.8. The van der Waals surface area contributed by atoms with Crippen LogP contribution >= 0.6 is 0 Å². The summed E-state index contributed by atoms with van der Waals surface area (Å²) in [5.41, 5.74) is 9.68. The molecule has 33 heavy (non-hydrogen) atoms. The normalized spacial score (nSPS) is 17.5. The Balaban J connectivity index is 0.00000259. The van der Waals surface area contributed by atoms with Crippen LogP contribution in [0.1, 0.15) is 98.2 Å². The number of nitrogens with zero attached hydrogens (tertiary/aromatic N) is 3. The second kappa shape index (κ2) is 7.12. The van der Waals surface area contributed by atoms with Gasteiger partial charge in [0.05, 0.1) is 16.7 Å². The van der Waals surface area contributed by atoms with Crippen molar-refractivity contribution >= 4 is 27.6 Å². The Morgan fingerprint density at radius 1 is 0.818 bits per heavy atom. The first-order chi connectivity index (χ1) is 14.6. The second-order valence-corrected chi connectivity index (χ2v) is 13.2. The Hall–Kier alpha value is -1.77. The molecule has 0 spiro atoms. The first kappa shape index (κ1) is 24.4. The fourth-order valence-corrected chi connectivity index (χ4v) is 5.80. The summed E-state index contributed by atoms with van der Waals surface area (Å²) in [6, 6.07) is 12.6. The molecule has 4 aromatic rings. The topological polar surface area (TPSA) is 30.2 Å². The van der Waals surface area contributed by atoms with E-state index in [0.29, 0.717) is 0 Å². The van der Waals surface area contributed by atoms with E-state index in [4.69, 9.17) is 9.97 Å². The molecular formula is C29H36IrN3-. The zero-order valence-corrected chi connectivity index (χ0v) is 24.1. The van der Waals surface area contributed by atoms with Crippen molar-refractivity contribution in [2.45, 2.75) is 97.3 Å². The van der Waals surface area contributed by atoms with Gasteiger partial charge in [-0.15, -0.1) is 12.1 Å². The average molecular weight is 619 g/mol. The summed E-state index contributed by atoms with van der Waals surface area (Å²) in [7, 11) is 0. The van der Waals surface area contributed by atoms with E-state index in [1.807, 2.05) is 6.07 Å². The molecule has 3 aromatic heterocycles. The van der Waals surface area contributed by atoms with E-state index in [9.17, 15) is 0 Å². The van der Waals surface area contributed by atoms with Crippen molar-refractivity contribution in [3.63, 3.8) is 0 Å². The Kier molecular flexibility index (Phi) is 5.25. The largest absolute Gasteiger partial charge is 0.348 e. The second-order valence-electron chi connectivity index (χ2n) is 13.2. The molecule has 0 aliphatic heterocycles. The van der Waals surface area contributed by atoms with Gasteiger partial charge in [-0.2, -0.15) is 0 Å². The van der Waals surface area contributed by atoms with E-state index in [0.717, 1.165) is 34.2 Å². The van der Waals surface area contributed by atoms with Crippen LogP contribution in [0.4, 0.5) is 0 Å². The molecular weight excluding hydrogens is 583 g/mol. The van der Waals surface area contributed by atoms with Gasteiger partial charge in [-0.1, -0.05) is 80.7 Å². The van der Waals surface area contributed by atoms with Crippen molar-refractivity contribution in [1.29, 1.82) is 0 Å². The van der Waals surface area contributed by atoms with Gasteiger partial charge in [0, 0.05) is 31.2 Å². The number of rotatable bonds is 0. The van der Waals surface area contributed by atoms with Crippen LogP contribution in [-0.2, 0) is 41.8 Å². The Bertz CT molecular complexity index is 1410. The van der Waals surface area contributed by atoms with Gasteiger partial charge in [0.2, 0.25) is 0 Å². The molecule has 5 rings (SSSR count). The van der Waals surface area contributed by atoms with Crippen molar-refractivity contribution in [3.8, 4) is 0 Å². The molecule has 0 fully saturated rings. The molecule has 177 valence electrons. The van der Waals surface area contributed by atoms with Crippen molar-refractivity contribution in [1.82, 2.24) is 14.4 Å². The van der Waals surface area contributed by atoms with E-state index in [1.165, 1.54) is 22.3 Å². The third kappa shape index (κ3) is 3.65. The molecule has 0 unspecified atom stereocenters. The van der Waals surface area contributed by atoms with E-state index in [-0.39, 0.29) is 41.8 Å². The smallest absolute Gasteiger partial charge is 0.0777 e. The molecule has 0 N–H and O–H groups in total. The van der Waals surface area contributed by atoms with Crippen LogP contribution in [0.25, 0.3) is 27.6 Å². The van der Waals surface area contributed by atoms with E-state index in [2.05, 4.69) is 97.9 Å². The number of aromatic nitrogens is 3. The van der Waals surface area contributed by atoms with E-state index >= 15 is 0 Å². The number of benzene rings is 1. The minimum atomic E-state index is -0.0483. The minimum absolute atomic E-state index is 0. The summed E-state index contributed by atoms with van der Waals surface area (Å²) in [4.78, 5) is 10.3. The number of imidazole rings is 1. The van der Waals surface area contributed by atoms with E-state index in [1.54, 1.807) is 0 Å². The van der Waals surface area contributed by atoms with Gasteiger partial charge in [0.25, 0.3) is 0 Å². The van der Waals surface area contributed by atoms with Gasteiger partial charge in [0.15, 0.2) is 0 Å². The van der Waals surface area contributed by atoms with Gasteiger partial charge < -0.3 is 9.38 Å². The molecule has 1 aliphatic carbocycles. The molecule has 0 amide bonds. The van der Waals surface area contributed by atoms with Crippen molar-refractivity contribution < 1.29 is 20.1 Å². The Labute approximate surface area is 211 Å². The summed E-state index contributed by atoms with van der Waals surface area (Å²) in [6.07, 6.45) is 1.16. The molecule has 0 atom stereocenters. The van der Waals surface area contributed by atoms with Crippen LogP contribution in [0.15, 0.2) is 24.3 Å².